The number of carboxylic acids is 1. The molecule has 0 amide bonds. The van der Waals surface area contributed by atoms with Crippen molar-refractivity contribution >= 4 is 42.8 Å². The minimum Gasteiger partial charge on any atom is -0.547 e. The summed E-state index contributed by atoms with van der Waals surface area (Å²) in [5.74, 6) is -2.05. The van der Waals surface area contributed by atoms with Crippen LogP contribution in [0.5, 0.6) is 11.5 Å². The molecule has 7 nitrogen and oxygen atoms in total. The molecule has 34 heavy (non-hydrogen) atoms. The molecule has 3 aromatic carbocycles. The molecule has 0 heterocycles. The van der Waals surface area contributed by atoms with Gasteiger partial charge in [-0.1, -0.05) is 40.2 Å². The van der Waals surface area contributed by atoms with Gasteiger partial charge in [0, 0.05) is 15.4 Å². The Morgan fingerprint density at radius 3 is 2.32 bits per heavy atom. The Morgan fingerprint density at radius 2 is 1.76 bits per heavy atom. The van der Waals surface area contributed by atoms with E-state index in [0.29, 0.717) is 21.2 Å². The standard InChI is InChI=1S/C22H18BrF3O7S/c1-12-10-16-15(4-3-5-17(16)23)19(33-34(29,30)22(24,25)26)18(12)20(21(27)28)32-11-13-6-8-14(31-2)9-7-13/h3-10,20H,11H2,1-2H3,(H,27,28)/p-1. The van der Waals surface area contributed by atoms with E-state index in [2.05, 4.69) is 20.1 Å². The fourth-order valence-corrected chi connectivity index (χ4v) is 4.22. The van der Waals surface area contributed by atoms with E-state index in [4.69, 9.17) is 9.47 Å². The van der Waals surface area contributed by atoms with Crippen molar-refractivity contribution in [3.05, 3.63) is 69.7 Å². The highest BCUT2D eigenvalue weighted by Gasteiger charge is 2.49. The van der Waals surface area contributed by atoms with Crippen molar-refractivity contribution in [1.29, 1.82) is 0 Å². The molecule has 0 saturated heterocycles. The van der Waals surface area contributed by atoms with Gasteiger partial charge in [0.2, 0.25) is 0 Å². The molecule has 0 radical (unpaired) electrons. The lowest BCUT2D eigenvalue weighted by molar-refractivity contribution is -0.318. The summed E-state index contributed by atoms with van der Waals surface area (Å²) in [7, 11) is -4.66. The Labute approximate surface area is 201 Å². The maximum absolute atomic E-state index is 13.1. The number of alkyl halides is 3. The number of carboxylic acid groups (broad SMARTS) is 1. The first-order valence-electron chi connectivity index (χ1n) is 9.53. The number of rotatable bonds is 8. The zero-order chi connectivity index (χ0) is 25.3. The lowest BCUT2D eigenvalue weighted by Crippen LogP contribution is -2.33. The van der Waals surface area contributed by atoms with Crippen LogP contribution in [0.3, 0.4) is 0 Å². The van der Waals surface area contributed by atoms with E-state index in [1.54, 1.807) is 30.3 Å². The van der Waals surface area contributed by atoms with Crippen LogP contribution in [0.15, 0.2) is 53.0 Å². The van der Waals surface area contributed by atoms with Crippen LogP contribution in [-0.4, -0.2) is 27.0 Å². The SMILES string of the molecule is COc1ccc(COC(C(=O)[O-])c2c(C)cc3c(Br)cccc3c2OS(=O)(=O)C(F)(F)F)cc1. The van der Waals surface area contributed by atoms with Crippen LogP contribution < -0.4 is 14.0 Å². The third-order valence-electron chi connectivity index (χ3n) is 4.86. The lowest BCUT2D eigenvalue weighted by Gasteiger charge is -2.25. The van der Waals surface area contributed by atoms with Crippen LogP contribution in [0.25, 0.3) is 10.8 Å². The van der Waals surface area contributed by atoms with Gasteiger partial charge in [0.1, 0.15) is 11.9 Å². The highest BCUT2D eigenvalue weighted by Crippen LogP contribution is 2.42. The Balaban J connectivity index is 2.15. The molecule has 0 bridgehead atoms. The predicted octanol–water partition coefficient (Wildman–Crippen LogP) is 4.16. The summed E-state index contributed by atoms with van der Waals surface area (Å²) >= 11 is 3.25. The van der Waals surface area contributed by atoms with E-state index < -0.39 is 39.0 Å². The third-order valence-corrected chi connectivity index (χ3v) is 6.50. The number of hydrogen-bond donors (Lipinski definition) is 0. The van der Waals surface area contributed by atoms with E-state index in [9.17, 15) is 31.5 Å². The number of benzene rings is 3. The summed E-state index contributed by atoms with van der Waals surface area (Å²) in [6, 6.07) is 12.2. The molecule has 182 valence electrons. The van der Waals surface area contributed by atoms with Crippen molar-refractivity contribution in [2.45, 2.75) is 25.1 Å². The van der Waals surface area contributed by atoms with Gasteiger partial charge in [-0.25, -0.2) is 0 Å². The molecule has 0 aliphatic carbocycles. The molecular formula is C22H17BrF3O7S-. The third kappa shape index (κ3) is 5.29. The van der Waals surface area contributed by atoms with E-state index in [1.165, 1.54) is 32.2 Å². The molecule has 3 aromatic rings. The van der Waals surface area contributed by atoms with Crippen LogP contribution in [-0.2, 0) is 26.3 Å². The smallest absolute Gasteiger partial charge is 0.534 e. The summed E-state index contributed by atoms with van der Waals surface area (Å²) in [6.45, 7) is 1.12. The molecule has 0 aliphatic rings. The molecule has 3 rings (SSSR count). The van der Waals surface area contributed by atoms with Crippen molar-refractivity contribution < 1.29 is 45.1 Å². The minimum atomic E-state index is -6.13. The highest BCUT2D eigenvalue weighted by molar-refractivity contribution is 9.10. The van der Waals surface area contributed by atoms with E-state index in [0.717, 1.165) is 0 Å². The van der Waals surface area contributed by atoms with Crippen molar-refractivity contribution in [2.24, 2.45) is 0 Å². The number of ether oxygens (including phenoxy) is 2. The molecule has 12 heteroatoms. The quantitative estimate of drug-likeness (QED) is 0.300. The Hall–Kier alpha value is -2.83. The highest BCUT2D eigenvalue weighted by atomic mass is 79.9. The maximum Gasteiger partial charge on any atom is 0.534 e. The van der Waals surface area contributed by atoms with Crippen molar-refractivity contribution in [3.8, 4) is 11.5 Å². The number of fused-ring (bicyclic) bond motifs is 1. The number of carbonyl (C=O) groups excluding carboxylic acids is 1. The van der Waals surface area contributed by atoms with Gasteiger partial charge in [0.05, 0.1) is 19.7 Å². The minimum absolute atomic E-state index is 0.0675. The van der Waals surface area contributed by atoms with E-state index >= 15 is 0 Å². The second-order valence-electron chi connectivity index (χ2n) is 7.11. The second kappa shape index (κ2) is 9.80. The maximum atomic E-state index is 13.1. The fraction of sp³-hybridized carbons (Fsp3) is 0.227. The Morgan fingerprint density at radius 1 is 1.12 bits per heavy atom. The molecule has 0 aliphatic heterocycles. The van der Waals surface area contributed by atoms with Gasteiger partial charge < -0.3 is 23.6 Å². The van der Waals surface area contributed by atoms with Gasteiger partial charge in [-0.2, -0.15) is 21.6 Å². The Kier molecular flexibility index (Phi) is 7.44. The van der Waals surface area contributed by atoms with Gasteiger partial charge in [0.25, 0.3) is 0 Å². The number of carbonyl (C=O) groups is 1. The average molecular weight is 562 g/mol. The zero-order valence-electron chi connectivity index (χ0n) is 17.7. The molecule has 0 fully saturated rings. The first-order valence-corrected chi connectivity index (χ1v) is 11.7. The van der Waals surface area contributed by atoms with Gasteiger partial charge in [-0.3, -0.25) is 0 Å². The monoisotopic (exact) mass is 561 g/mol. The van der Waals surface area contributed by atoms with Crippen LogP contribution in [0.2, 0.25) is 0 Å². The summed E-state index contributed by atoms with van der Waals surface area (Å²) in [6.07, 6.45) is -1.94. The number of methoxy groups -OCH3 is 1. The van der Waals surface area contributed by atoms with Crippen LogP contribution >= 0.6 is 15.9 Å². The molecule has 0 spiro atoms. The summed E-state index contributed by atoms with van der Waals surface area (Å²) in [4.78, 5) is 12.0. The van der Waals surface area contributed by atoms with E-state index in [-0.39, 0.29) is 17.6 Å². The van der Waals surface area contributed by atoms with Crippen LogP contribution in [0.4, 0.5) is 13.2 Å². The van der Waals surface area contributed by atoms with E-state index in [1.807, 2.05) is 0 Å². The number of halogens is 4. The lowest BCUT2D eigenvalue weighted by atomic mass is 9.96. The average Bonchev–Trinajstić information content (AvgIpc) is 2.75. The molecule has 0 aromatic heterocycles. The normalized spacial score (nSPS) is 13.0. The van der Waals surface area contributed by atoms with Crippen LogP contribution in [0, 0.1) is 6.92 Å². The van der Waals surface area contributed by atoms with Gasteiger partial charge in [-0.15, -0.1) is 0 Å². The van der Waals surface area contributed by atoms with Crippen molar-refractivity contribution in [2.75, 3.05) is 7.11 Å². The van der Waals surface area contributed by atoms with Gasteiger partial charge in [-0.05, 0) is 47.7 Å². The van der Waals surface area contributed by atoms with Crippen LogP contribution in [0.1, 0.15) is 22.8 Å². The molecular weight excluding hydrogens is 545 g/mol. The first kappa shape index (κ1) is 25.8. The first-order chi connectivity index (χ1) is 15.9. The predicted molar refractivity (Wildman–Crippen MR) is 118 cm³/mol. The fourth-order valence-electron chi connectivity index (χ4n) is 3.24. The number of aryl methyl sites for hydroxylation is 1. The topological polar surface area (TPSA) is 102 Å². The zero-order valence-corrected chi connectivity index (χ0v) is 20.1. The molecule has 0 N–H and O–H groups in total. The molecule has 1 atom stereocenters. The molecule has 0 saturated carbocycles. The van der Waals surface area contributed by atoms with Crippen molar-refractivity contribution in [3.63, 3.8) is 0 Å². The van der Waals surface area contributed by atoms with Gasteiger partial charge >= 0.3 is 15.6 Å². The second-order valence-corrected chi connectivity index (χ2v) is 9.50. The van der Waals surface area contributed by atoms with Gasteiger partial charge in [0.15, 0.2) is 5.75 Å². The Bertz CT molecular complexity index is 1320. The molecule has 1 unspecified atom stereocenters. The van der Waals surface area contributed by atoms with Crippen molar-refractivity contribution in [1.82, 2.24) is 0 Å². The largest absolute Gasteiger partial charge is 0.547 e. The summed E-state index contributed by atoms with van der Waals surface area (Å²) in [5, 5.41) is 12.2. The summed E-state index contributed by atoms with van der Waals surface area (Å²) in [5.41, 5.74) is -5.51. The number of hydrogen-bond acceptors (Lipinski definition) is 7. The summed E-state index contributed by atoms with van der Waals surface area (Å²) < 4.78 is 78.6. The number of aliphatic carboxylic acids is 1.